The zero-order chi connectivity index (χ0) is 34.4. The number of hydrogen-bond donors (Lipinski definition) is 7. The number of benzene rings is 2. The van der Waals surface area contributed by atoms with Crippen molar-refractivity contribution in [1.82, 2.24) is 30.2 Å². The molecule has 0 amide bonds. The van der Waals surface area contributed by atoms with Gasteiger partial charge >= 0.3 is 5.69 Å². The number of aromatic nitrogens is 4. The predicted octanol–water partition coefficient (Wildman–Crippen LogP) is 5.36. The Bertz CT molecular complexity index is 1920. The fourth-order valence-corrected chi connectivity index (χ4v) is 6.45. The van der Waals surface area contributed by atoms with E-state index in [1.165, 1.54) is 9.44 Å². The van der Waals surface area contributed by atoms with Crippen molar-refractivity contribution in [1.29, 1.82) is 5.41 Å². The summed E-state index contributed by atoms with van der Waals surface area (Å²) in [6, 6.07) is 13.0. The van der Waals surface area contributed by atoms with Crippen LogP contribution >= 0.6 is 22.9 Å². The molecular formula is C34H42ClFN10OS. The van der Waals surface area contributed by atoms with Gasteiger partial charge in [0, 0.05) is 53.7 Å². The van der Waals surface area contributed by atoms with E-state index in [9.17, 15) is 4.79 Å². The van der Waals surface area contributed by atoms with Crippen LogP contribution in [0.1, 0.15) is 47.9 Å². The second-order valence-corrected chi connectivity index (χ2v) is 13.7. The lowest BCUT2D eigenvalue weighted by molar-refractivity contribution is 0.494. The molecule has 11 nitrogen and oxygen atoms in total. The molecule has 3 aromatic heterocycles. The summed E-state index contributed by atoms with van der Waals surface area (Å²) in [7, 11) is 0. The highest BCUT2D eigenvalue weighted by atomic mass is 35.5. The van der Waals surface area contributed by atoms with Gasteiger partial charge in [0.25, 0.3) is 0 Å². The Labute approximate surface area is 287 Å². The Hall–Kier alpha value is -4.30. The van der Waals surface area contributed by atoms with E-state index in [0.29, 0.717) is 47.6 Å². The second-order valence-electron chi connectivity index (χ2n) is 12.1. The number of anilines is 1. The molecule has 0 saturated carbocycles. The number of nitrogens with zero attached hydrogens (tertiary/aromatic N) is 3. The molecular weight excluding hydrogens is 651 g/mol. The third-order valence-electron chi connectivity index (χ3n) is 8.16. The van der Waals surface area contributed by atoms with Crippen LogP contribution in [0.25, 0.3) is 28.0 Å². The molecule has 0 spiro atoms. The summed E-state index contributed by atoms with van der Waals surface area (Å²) in [6.45, 7) is 7.81. The Balaban J connectivity index is 1.29. The predicted molar refractivity (Wildman–Crippen MR) is 194 cm³/mol. The number of nitrogens with two attached hydrogens (primary N) is 2. The smallest absolute Gasteiger partial charge is 0.354 e. The topological polar surface area (TPSA) is 176 Å². The van der Waals surface area contributed by atoms with E-state index >= 15 is 4.39 Å². The minimum Gasteiger partial charge on any atom is -0.370 e. The summed E-state index contributed by atoms with van der Waals surface area (Å²) in [5, 5.41) is 18.9. The molecule has 5 rings (SSSR count). The van der Waals surface area contributed by atoms with Gasteiger partial charge in [0.15, 0.2) is 16.9 Å². The Kier molecular flexibility index (Phi) is 11.5. The number of thiazole rings is 1. The van der Waals surface area contributed by atoms with Crippen molar-refractivity contribution in [2.24, 2.45) is 11.5 Å². The van der Waals surface area contributed by atoms with Gasteiger partial charge in [0.05, 0.1) is 22.1 Å². The normalized spacial score (nSPS) is 12.7. The molecule has 9 N–H and O–H groups in total. The van der Waals surface area contributed by atoms with Gasteiger partial charge in [-0.1, -0.05) is 23.7 Å². The van der Waals surface area contributed by atoms with E-state index in [4.69, 9.17) is 28.5 Å². The Morgan fingerprint density at radius 3 is 2.60 bits per heavy atom. The van der Waals surface area contributed by atoms with Crippen molar-refractivity contribution in [3.63, 3.8) is 0 Å². The molecule has 2 aromatic carbocycles. The van der Waals surface area contributed by atoms with E-state index < -0.39 is 11.5 Å². The Morgan fingerprint density at radius 2 is 1.92 bits per heavy atom. The lowest BCUT2D eigenvalue weighted by Crippen LogP contribution is -2.40. The van der Waals surface area contributed by atoms with Crippen LogP contribution in [-0.4, -0.2) is 50.7 Å². The van der Waals surface area contributed by atoms with Crippen molar-refractivity contribution < 1.29 is 4.39 Å². The molecule has 0 unspecified atom stereocenters. The van der Waals surface area contributed by atoms with Crippen LogP contribution in [0.15, 0.2) is 53.5 Å². The number of rotatable bonds is 15. The lowest BCUT2D eigenvalue weighted by Gasteiger charge is -2.20. The maximum atomic E-state index is 15.2. The number of H-pyrrole nitrogens is 1. The average Bonchev–Trinajstić information content (AvgIpc) is 3.60. The molecule has 0 saturated heterocycles. The summed E-state index contributed by atoms with van der Waals surface area (Å²) < 4.78 is 16.6. The molecule has 254 valence electrons. The largest absolute Gasteiger partial charge is 0.370 e. The average molecular weight is 693 g/mol. The SMILES string of the molecule is Cc1nc(NC[C@@H](CCNC(=N)N)NCc2ccc(-n3cc4cc(-c5cc(CCC[C@H](C)N)cc(Cl)c5F)[nH]c4nc3=O)cc2)sc1C. The summed E-state index contributed by atoms with van der Waals surface area (Å²) in [5.41, 5.74) is 15.7. The first-order valence-electron chi connectivity index (χ1n) is 15.9. The molecule has 0 bridgehead atoms. The minimum atomic E-state index is -0.528. The van der Waals surface area contributed by atoms with E-state index in [-0.39, 0.29) is 23.1 Å². The highest BCUT2D eigenvalue weighted by Gasteiger charge is 2.16. The molecule has 48 heavy (non-hydrogen) atoms. The van der Waals surface area contributed by atoms with Crippen LogP contribution in [-0.2, 0) is 13.0 Å². The molecule has 2 atom stereocenters. The number of nitrogens with one attached hydrogen (secondary N) is 5. The van der Waals surface area contributed by atoms with Crippen LogP contribution in [0.4, 0.5) is 9.52 Å². The fraction of sp³-hybridized carbons (Fsp3) is 0.353. The van der Waals surface area contributed by atoms with Gasteiger partial charge in [0.2, 0.25) is 0 Å². The van der Waals surface area contributed by atoms with Crippen LogP contribution < -0.4 is 33.1 Å². The summed E-state index contributed by atoms with van der Waals surface area (Å²) >= 11 is 7.89. The van der Waals surface area contributed by atoms with Gasteiger partial charge in [-0.3, -0.25) is 9.98 Å². The van der Waals surface area contributed by atoms with Crippen molar-refractivity contribution in [2.45, 2.75) is 65.1 Å². The van der Waals surface area contributed by atoms with Gasteiger partial charge in [-0.25, -0.2) is 14.2 Å². The monoisotopic (exact) mass is 692 g/mol. The highest BCUT2D eigenvalue weighted by molar-refractivity contribution is 7.15. The molecule has 5 aromatic rings. The standard InChI is InChI=1S/C34H42ClFN10OS/c1-19(37)5-4-6-23-13-27(30(36)28(35)14-23)29-15-24-18-46(34(47)45-31(24)44-29)26-9-7-22(8-10-26)16-41-25(11-12-40-32(38)39)17-42-33-43-20(2)21(3)48-33/h7-10,13-15,18-19,25,41H,4-6,11-12,16-17,37H2,1-3H3,(H,42,43)(H4,38,39,40)(H,44,45,47)/t19-,25+/m0/s1. The highest BCUT2D eigenvalue weighted by Crippen LogP contribution is 2.31. The van der Waals surface area contributed by atoms with Crippen LogP contribution in [0.2, 0.25) is 5.02 Å². The van der Waals surface area contributed by atoms with Crippen molar-refractivity contribution in [3.8, 4) is 16.9 Å². The maximum absolute atomic E-state index is 15.2. The summed E-state index contributed by atoms with van der Waals surface area (Å²) in [4.78, 5) is 26.2. The van der Waals surface area contributed by atoms with Crippen molar-refractivity contribution in [2.75, 3.05) is 18.4 Å². The molecule has 0 aliphatic rings. The number of fused-ring (bicyclic) bond motifs is 1. The summed E-state index contributed by atoms with van der Waals surface area (Å²) in [6.07, 6.45) is 4.89. The van der Waals surface area contributed by atoms with Gasteiger partial charge in [-0.15, -0.1) is 11.3 Å². The van der Waals surface area contributed by atoms with Gasteiger partial charge in [-0.2, -0.15) is 4.98 Å². The fourth-order valence-electron chi connectivity index (χ4n) is 5.39. The first-order valence-corrected chi connectivity index (χ1v) is 17.1. The number of hydrogen-bond acceptors (Lipinski definition) is 8. The molecule has 0 aliphatic heterocycles. The zero-order valence-electron chi connectivity index (χ0n) is 27.3. The molecule has 0 radical (unpaired) electrons. The zero-order valence-corrected chi connectivity index (χ0v) is 28.9. The van der Waals surface area contributed by atoms with Crippen LogP contribution in [0, 0.1) is 25.1 Å². The Morgan fingerprint density at radius 1 is 1.15 bits per heavy atom. The number of guanidine groups is 1. The number of aryl methyl sites for hydroxylation is 3. The number of halogens is 2. The van der Waals surface area contributed by atoms with Gasteiger partial charge in [-0.05, 0) is 87.9 Å². The minimum absolute atomic E-state index is 0.0454. The van der Waals surface area contributed by atoms with E-state index in [0.717, 1.165) is 47.6 Å². The van der Waals surface area contributed by atoms with Crippen LogP contribution in [0.3, 0.4) is 0 Å². The van der Waals surface area contributed by atoms with Crippen molar-refractivity contribution in [3.05, 3.63) is 91.7 Å². The molecule has 0 aliphatic carbocycles. The lowest BCUT2D eigenvalue weighted by atomic mass is 10.0. The van der Waals surface area contributed by atoms with Crippen LogP contribution in [0.5, 0.6) is 0 Å². The second kappa shape index (κ2) is 15.7. The van der Waals surface area contributed by atoms with E-state index in [2.05, 4.69) is 37.8 Å². The van der Waals surface area contributed by atoms with Gasteiger partial charge < -0.3 is 32.4 Å². The maximum Gasteiger partial charge on any atom is 0.354 e. The molecule has 14 heteroatoms. The third-order valence-corrected chi connectivity index (χ3v) is 9.46. The summed E-state index contributed by atoms with van der Waals surface area (Å²) in [5.74, 6) is -0.586. The quantitative estimate of drug-likeness (QED) is 0.0567. The molecule has 3 heterocycles. The third kappa shape index (κ3) is 8.98. The van der Waals surface area contributed by atoms with Crippen molar-refractivity contribution >= 4 is 45.1 Å². The first-order chi connectivity index (χ1) is 23.0. The van der Waals surface area contributed by atoms with E-state index in [1.807, 2.05) is 38.1 Å². The number of aromatic amines is 1. The first kappa shape index (κ1) is 35.0. The van der Waals surface area contributed by atoms with Gasteiger partial charge in [0.1, 0.15) is 5.65 Å². The molecule has 0 fully saturated rings. The van der Waals surface area contributed by atoms with E-state index in [1.54, 1.807) is 35.7 Å².